The van der Waals surface area contributed by atoms with Crippen molar-refractivity contribution in [3.8, 4) is 11.1 Å². The van der Waals surface area contributed by atoms with Crippen LogP contribution in [0.3, 0.4) is 0 Å². The maximum Gasteiger partial charge on any atom is 0.137 e. The van der Waals surface area contributed by atoms with Gasteiger partial charge in [0.1, 0.15) is 11.2 Å². The summed E-state index contributed by atoms with van der Waals surface area (Å²) in [6, 6.07) is 40.0. The van der Waals surface area contributed by atoms with Crippen molar-refractivity contribution in [1.82, 2.24) is 0 Å². The average Bonchev–Trinajstić information content (AvgIpc) is 3.50. The van der Waals surface area contributed by atoms with E-state index in [1.165, 1.54) is 66.8 Å². The van der Waals surface area contributed by atoms with Gasteiger partial charge in [-0.25, -0.2) is 0 Å². The van der Waals surface area contributed by atoms with Crippen LogP contribution >= 0.6 is 0 Å². The van der Waals surface area contributed by atoms with Crippen molar-refractivity contribution < 1.29 is 4.42 Å². The van der Waals surface area contributed by atoms with E-state index in [9.17, 15) is 0 Å². The van der Waals surface area contributed by atoms with Gasteiger partial charge in [-0.05, 0) is 116 Å². The molecule has 0 unspecified atom stereocenters. The van der Waals surface area contributed by atoms with Gasteiger partial charge in [-0.1, -0.05) is 90.0 Å². The molecule has 220 valence electrons. The molecule has 0 spiro atoms. The van der Waals surface area contributed by atoms with Crippen LogP contribution in [0.5, 0.6) is 0 Å². The Morgan fingerprint density at radius 1 is 0.511 bits per heavy atom. The molecular weight excluding hydrogens is 546 g/mol. The fourth-order valence-corrected chi connectivity index (χ4v) is 8.60. The van der Waals surface area contributed by atoms with Crippen LogP contribution in [0.15, 0.2) is 114 Å². The van der Waals surface area contributed by atoms with Crippen LogP contribution in [0, 0.1) is 41.5 Å². The molecule has 1 N–H and O–H groups in total. The van der Waals surface area contributed by atoms with E-state index in [2.05, 4.69) is 144 Å². The number of anilines is 2. The molecule has 0 saturated heterocycles. The molecule has 0 aliphatic heterocycles. The van der Waals surface area contributed by atoms with E-state index in [1.807, 2.05) is 12.1 Å². The highest BCUT2D eigenvalue weighted by Crippen LogP contribution is 2.60. The van der Waals surface area contributed by atoms with Crippen LogP contribution in [0.4, 0.5) is 11.4 Å². The summed E-state index contributed by atoms with van der Waals surface area (Å²) in [5, 5.41) is 6.12. The lowest BCUT2D eigenvalue weighted by atomic mass is 9.63. The predicted molar refractivity (Wildman–Crippen MR) is 189 cm³/mol. The standard InChI is InChI=1S/C43H37NO/c1-25-20-27(3)41(28(4)21-25)43(42-29(5)22-26(2)23-30(42)6)35-14-9-7-13-34(35)40-36(43)15-11-16-37(40)44-31-18-19-33-32-12-8-10-17-38(32)45-39(33)24-31/h7-24,44H,1-6H3. The van der Waals surface area contributed by atoms with Gasteiger partial charge < -0.3 is 9.73 Å². The number of furan rings is 1. The first-order valence-electron chi connectivity index (χ1n) is 15.9. The Bertz CT molecular complexity index is 2210. The Labute approximate surface area is 265 Å². The molecule has 0 fully saturated rings. The molecule has 1 aliphatic rings. The van der Waals surface area contributed by atoms with Crippen LogP contribution in [0.2, 0.25) is 0 Å². The minimum Gasteiger partial charge on any atom is -0.456 e. The summed E-state index contributed by atoms with van der Waals surface area (Å²) < 4.78 is 6.26. The molecule has 8 rings (SSSR count). The lowest BCUT2D eigenvalue weighted by Gasteiger charge is -2.39. The van der Waals surface area contributed by atoms with Crippen molar-refractivity contribution in [1.29, 1.82) is 0 Å². The van der Waals surface area contributed by atoms with E-state index in [0.717, 1.165) is 33.3 Å². The summed E-state index contributed by atoms with van der Waals surface area (Å²) in [5.74, 6) is 0. The molecular formula is C43H37NO. The van der Waals surface area contributed by atoms with E-state index in [0.29, 0.717) is 0 Å². The third-order valence-corrected chi connectivity index (χ3v) is 9.83. The first-order chi connectivity index (χ1) is 21.8. The molecule has 1 heterocycles. The summed E-state index contributed by atoms with van der Waals surface area (Å²) in [7, 11) is 0. The second-order valence-electron chi connectivity index (χ2n) is 13.0. The van der Waals surface area contributed by atoms with Gasteiger partial charge in [-0.2, -0.15) is 0 Å². The Balaban J connectivity index is 1.42. The third kappa shape index (κ3) is 3.95. The zero-order valence-corrected chi connectivity index (χ0v) is 26.8. The van der Waals surface area contributed by atoms with E-state index >= 15 is 0 Å². The molecule has 0 atom stereocenters. The number of fused-ring (bicyclic) bond motifs is 6. The van der Waals surface area contributed by atoms with E-state index < -0.39 is 5.41 Å². The number of aryl methyl sites for hydroxylation is 6. The third-order valence-electron chi connectivity index (χ3n) is 9.83. The predicted octanol–water partition coefficient (Wildman–Crippen LogP) is 11.5. The Morgan fingerprint density at radius 2 is 1.09 bits per heavy atom. The largest absolute Gasteiger partial charge is 0.456 e. The van der Waals surface area contributed by atoms with Gasteiger partial charge in [0.15, 0.2) is 0 Å². The second kappa shape index (κ2) is 9.97. The van der Waals surface area contributed by atoms with Gasteiger partial charge in [0.05, 0.1) is 5.41 Å². The summed E-state index contributed by atoms with van der Waals surface area (Å²) in [6.07, 6.45) is 0. The van der Waals surface area contributed by atoms with Gasteiger partial charge in [0, 0.05) is 33.8 Å². The molecule has 0 radical (unpaired) electrons. The Kier molecular flexibility index (Phi) is 6.09. The van der Waals surface area contributed by atoms with Gasteiger partial charge in [-0.15, -0.1) is 0 Å². The zero-order chi connectivity index (χ0) is 31.0. The Hall–Kier alpha value is -5.08. The highest BCUT2D eigenvalue weighted by molar-refractivity contribution is 6.06. The van der Waals surface area contributed by atoms with E-state index in [1.54, 1.807) is 0 Å². The molecule has 2 nitrogen and oxygen atoms in total. The number of nitrogens with one attached hydrogen (secondary N) is 1. The van der Waals surface area contributed by atoms with Crippen LogP contribution in [-0.2, 0) is 5.41 Å². The smallest absolute Gasteiger partial charge is 0.137 e. The zero-order valence-electron chi connectivity index (χ0n) is 26.8. The average molecular weight is 584 g/mol. The molecule has 2 heteroatoms. The minimum atomic E-state index is -0.462. The summed E-state index contributed by atoms with van der Waals surface area (Å²) in [4.78, 5) is 0. The number of benzene rings is 6. The van der Waals surface area contributed by atoms with Gasteiger partial charge in [0.25, 0.3) is 0 Å². The molecule has 0 amide bonds. The number of hydrogen-bond acceptors (Lipinski definition) is 2. The minimum absolute atomic E-state index is 0.462. The maximum atomic E-state index is 6.26. The first-order valence-corrected chi connectivity index (χ1v) is 15.9. The van der Waals surface area contributed by atoms with Crippen molar-refractivity contribution in [3.63, 3.8) is 0 Å². The normalized spacial score (nSPS) is 13.3. The summed E-state index contributed by atoms with van der Waals surface area (Å²) in [6.45, 7) is 13.6. The second-order valence-corrected chi connectivity index (χ2v) is 13.0. The number of hydrogen-bond donors (Lipinski definition) is 1. The van der Waals surface area contributed by atoms with Crippen molar-refractivity contribution in [2.24, 2.45) is 0 Å². The van der Waals surface area contributed by atoms with Crippen molar-refractivity contribution in [3.05, 3.63) is 165 Å². The molecule has 6 aromatic carbocycles. The summed E-state index contributed by atoms with van der Waals surface area (Å²) >= 11 is 0. The van der Waals surface area contributed by atoms with Gasteiger partial charge >= 0.3 is 0 Å². The first kappa shape index (κ1) is 27.5. The molecule has 7 aromatic rings. The van der Waals surface area contributed by atoms with Gasteiger partial charge in [-0.3, -0.25) is 0 Å². The monoisotopic (exact) mass is 583 g/mol. The fraction of sp³-hybridized carbons (Fsp3) is 0.163. The van der Waals surface area contributed by atoms with Crippen LogP contribution in [0.1, 0.15) is 55.6 Å². The summed E-state index contributed by atoms with van der Waals surface area (Å²) in [5.41, 5.74) is 19.3. The number of rotatable bonds is 4. The maximum absolute atomic E-state index is 6.26. The molecule has 45 heavy (non-hydrogen) atoms. The van der Waals surface area contributed by atoms with E-state index in [-0.39, 0.29) is 0 Å². The lowest BCUT2D eigenvalue weighted by Crippen LogP contribution is -2.32. The lowest BCUT2D eigenvalue weighted by molar-refractivity contribution is 0.669. The quantitative estimate of drug-likeness (QED) is 0.223. The molecule has 1 aromatic heterocycles. The number of para-hydroxylation sites is 1. The van der Waals surface area contributed by atoms with Crippen LogP contribution in [0.25, 0.3) is 33.1 Å². The highest BCUT2D eigenvalue weighted by Gasteiger charge is 2.49. The topological polar surface area (TPSA) is 25.2 Å². The van der Waals surface area contributed by atoms with Gasteiger partial charge in [0.2, 0.25) is 0 Å². The Morgan fingerprint density at radius 3 is 1.78 bits per heavy atom. The van der Waals surface area contributed by atoms with Crippen molar-refractivity contribution in [2.45, 2.75) is 47.0 Å². The van der Waals surface area contributed by atoms with E-state index in [4.69, 9.17) is 4.42 Å². The van der Waals surface area contributed by atoms with Crippen molar-refractivity contribution in [2.75, 3.05) is 5.32 Å². The van der Waals surface area contributed by atoms with Crippen molar-refractivity contribution >= 4 is 33.3 Å². The molecule has 0 saturated carbocycles. The molecule has 1 aliphatic carbocycles. The SMILES string of the molecule is Cc1cc(C)c(C2(c3c(C)cc(C)cc3C)c3ccccc3-c3c(Nc4ccc5c(c4)oc4ccccc45)cccc32)c(C)c1. The van der Waals surface area contributed by atoms with Crippen LogP contribution < -0.4 is 5.32 Å². The molecule has 0 bridgehead atoms. The van der Waals surface area contributed by atoms with Crippen LogP contribution in [-0.4, -0.2) is 0 Å². The highest BCUT2D eigenvalue weighted by atomic mass is 16.3. The fourth-order valence-electron chi connectivity index (χ4n) is 8.60.